The number of ether oxygens (including phenoxy) is 3. The molecule has 1 aliphatic heterocycles. The van der Waals surface area contributed by atoms with Gasteiger partial charge < -0.3 is 19.3 Å². The van der Waals surface area contributed by atoms with Crippen LogP contribution in [0.1, 0.15) is 43.5 Å². The Hall–Kier alpha value is -3.89. The molecule has 3 aromatic rings. The summed E-state index contributed by atoms with van der Waals surface area (Å²) in [5, 5.41) is 9.11. The largest absolute Gasteiger partial charge is 0.490 e. The molecule has 0 spiro atoms. The highest BCUT2D eigenvalue weighted by atomic mass is 35.5. The molecule has 4 rings (SSSR count). The van der Waals surface area contributed by atoms with Gasteiger partial charge in [-0.2, -0.15) is 0 Å². The van der Waals surface area contributed by atoms with Crippen molar-refractivity contribution in [2.75, 3.05) is 19.8 Å². The predicted octanol–water partition coefficient (Wildman–Crippen LogP) is 3.62. The lowest BCUT2D eigenvalue weighted by Crippen LogP contribution is -2.39. The standard InChI is InChI=1S/C28H27ClN2O7S/c1-5-36-20-12-17(11-19(29)25(20)38-14-22(32)33)13-21-26(34)31-24(18-9-7-15(3)8-10-18)23(27(35)37-6-2)16(4)30-28(31)39-21/h7-13,24H,5-6,14H2,1-4H3,(H,32,33)/b21-13+/t24-/m1/s1. The Morgan fingerprint density at radius 3 is 2.49 bits per heavy atom. The van der Waals surface area contributed by atoms with Gasteiger partial charge in [0, 0.05) is 0 Å². The zero-order valence-corrected chi connectivity index (χ0v) is 23.4. The van der Waals surface area contributed by atoms with E-state index in [1.54, 1.807) is 39.0 Å². The first kappa shape index (κ1) is 28.1. The number of aliphatic carboxylic acids is 1. The molecule has 2 heterocycles. The van der Waals surface area contributed by atoms with Crippen molar-refractivity contribution in [2.24, 2.45) is 4.99 Å². The van der Waals surface area contributed by atoms with Crippen molar-refractivity contribution in [1.29, 1.82) is 0 Å². The first-order valence-electron chi connectivity index (χ1n) is 12.2. The lowest BCUT2D eigenvalue weighted by Gasteiger charge is -2.24. The van der Waals surface area contributed by atoms with E-state index in [4.69, 9.17) is 30.9 Å². The maximum Gasteiger partial charge on any atom is 0.341 e. The Balaban J connectivity index is 1.88. The fourth-order valence-electron chi connectivity index (χ4n) is 4.22. The summed E-state index contributed by atoms with van der Waals surface area (Å²) in [5.74, 6) is -1.32. The number of aryl methyl sites for hydroxylation is 1. The zero-order valence-electron chi connectivity index (χ0n) is 21.8. The number of rotatable bonds is 9. The van der Waals surface area contributed by atoms with Crippen LogP contribution in [0.25, 0.3) is 6.08 Å². The van der Waals surface area contributed by atoms with Gasteiger partial charge in [-0.1, -0.05) is 52.8 Å². The van der Waals surface area contributed by atoms with Crippen molar-refractivity contribution in [3.63, 3.8) is 0 Å². The Morgan fingerprint density at radius 1 is 1.13 bits per heavy atom. The van der Waals surface area contributed by atoms with Gasteiger partial charge in [-0.3, -0.25) is 9.36 Å². The molecule has 11 heteroatoms. The minimum atomic E-state index is -1.15. The van der Waals surface area contributed by atoms with Crippen LogP contribution in [0.3, 0.4) is 0 Å². The fraction of sp³-hybridized carbons (Fsp3) is 0.286. The van der Waals surface area contributed by atoms with Crippen molar-refractivity contribution < 1.29 is 28.9 Å². The molecule has 0 radical (unpaired) electrons. The van der Waals surface area contributed by atoms with Crippen molar-refractivity contribution in [1.82, 2.24) is 4.57 Å². The highest BCUT2D eigenvalue weighted by molar-refractivity contribution is 7.07. The van der Waals surface area contributed by atoms with E-state index in [9.17, 15) is 14.4 Å². The Bertz CT molecular complexity index is 1640. The molecule has 2 aromatic carbocycles. The topological polar surface area (TPSA) is 116 Å². The van der Waals surface area contributed by atoms with Crippen LogP contribution in [-0.2, 0) is 14.3 Å². The second-order valence-corrected chi connectivity index (χ2v) is 10.1. The predicted molar refractivity (Wildman–Crippen MR) is 147 cm³/mol. The minimum Gasteiger partial charge on any atom is -0.490 e. The molecule has 204 valence electrons. The van der Waals surface area contributed by atoms with Crippen LogP contribution < -0.4 is 24.4 Å². The molecular weight excluding hydrogens is 544 g/mol. The van der Waals surface area contributed by atoms with Gasteiger partial charge in [0.05, 0.1) is 40.1 Å². The van der Waals surface area contributed by atoms with Gasteiger partial charge in [0.2, 0.25) is 0 Å². The minimum absolute atomic E-state index is 0.105. The van der Waals surface area contributed by atoms with Gasteiger partial charge in [0.25, 0.3) is 5.56 Å². The molecule has 0 bridgehead atoms. The molecular formula is C28H27ClN2O7S. The number of fused-ring (bicyclic) bond motifs is 1. The van der Waals surface area contributed by atoms with Crippen LogP contribution in [-0.4, -0.2) is 41.4 Å². The number of carboxylic acid groups (broad SMARTS) is 1. The second kappa shape index (κ2) is 11.9. The van der Waals surface area contributed by atoms with Gasteiger partial charge in [0.15, 0.2) is 22.9 Å². The quantitative estimate of drug-likeness (QED) is 0.391. The molecule has 0 unspecified atom stereocenters. The van der Waals surface area contributed by atoms with E-state index in [0.29, 0.717) is 26.2 Å². The highest BCUT2D eigenvalue weighted by Gasteiger charge is 2.33. The number of nitrogens with zero attached hydrogens (tertiary/aromatic N) is 2. The zero-order chi connectivity index (χ0) is 28.3. The summed E-state index contributed by atoms with van der Waals surface area (Å²) in [6.45, 7) is 7.08. The summed E-state index contributed by atoms with van der Waals surface area (Å²) in [5.41, 5.74) is 2.80. The molecule has 1 aromatic heterocycles. The first-order chi connectivity index (χ1) is 18.6. The van der Waals surface area contributed by atoms with Gasteiger partial charge in [-0.15, -0.1) is 0 Å². The Kier molecular flexibility index (Phi) is 8.57. The molecule has 0 saturated heterocycles. The average molecular weight is 571 g/mol. The van der Waals surface area contributed by atoms with Gasteiger partial charge in [-0.05, 0) is 57.0 Å². The highest BCUT2D eigenvalue weighted by Crippen LogP contribution is 2.37. The van der Waals surface area contributed by atoms with Gasteiger partial charge >= 0.3 is 11.9 Å². The summed E-state index contributed by atoms with van der Waals surface area (Å²) in [6, 6.07) is 10.1. The Labute approximate surface area is 233 Å². The van der Waals surface area contributed by atoms with Crippen molar-refractivity contribution in [2.45, 2.75) is 33.7 Å². The summed E-state index contributed by atoms with van der Waals surface area (Å²) in [4.78, 5) is 42.8. The van der Waals surface area contributed by atoms with E-state index in [1.165, 1.54) is 15.9 Å². The average Bonchev–Trinajstić information content (AvgIpc) is 3.17. The number of carbonyl (C=O) groups is 2. The summed E-state index contributed by atoms with van der Waals surface area (Å²) < 4.78 is 18.1. The number of carboxylic acids is 1. The number of aromatic nitrogens is 1. The molecule has 1 aliphatic rings. The third-order valence-electron chi connectivity index (χ3n) is 5.88. The molecule has 1 N–H and O–H groups in total. The third kappa shape index (κ3) is 5.91. The number of carbonyl (C=O) groups excluding carboxylic acids is 1. The molecule has 0 aliphatic carbocycles. The van der Waals surface area contributed by atoms with Crippen LogP contribution in [0.4, 0.5) is 0 Å². The van der Waals surface area contributed by atoms with Crippen LogP contribution in [0, 0.1) is 6.92 Å². The van der Waals surface area contributed by atoms with Crippen molar-refractivity contribution in [3.05, 3.63) is 89.1 Å². The maximum atomic E-state index is 13.8. The van der Waals surface area contributed by atoms with Crippen LogP contribution in [0.2, 0.25) is 5.02 Å². The third-order valence-corrected chi connectivity index (χ3v) is 7.14. The van der Waals surface area contributed by atoms with Gasteiger partial charge in [-0.25, -0.2) is 14.6 Å². The number of esters is 1. The monoisotopic (exact) mass is 570 g/mol. The van der Waals surface area contributed by atoms with E-state index < -0.39 is 24.6 Å². The second-order valence-electron chi connectivity index (χ2n) is 8.66. The summed E-state index contributed by atoms with van der Waals surface area (Å²) >= 11 is 7.59. The fourth-order valence-corrected chi connectivity index (χ4v) is 5.54. The Morgan fingerprint density at radius 2 is 1.85 bits per heavy atom. The molecule has 0 fully saturated rings. The number of hydrogen-bond donors (Lipinski definition) is 1. The van der Waals surface area contributed by atoms with Gasteiger partial charge in [0.1, 0.15) is 0 Å². The van der Waals surface area contributed by atoms with Crippen LogP contribution in [0.5, 0.6) is 11.5 Å². The maximum absolute atomic E-state index is 13.8. The number of halogens is 1. The first-order valence-corrected chi connectivity index (χ1v) is 13.4. The van der Waals surface area contributed by atoms with Crippen molar-refractivity contribution in [3.8, 4) is 11.5 Å². The molecule has 1 atom stereocenters. The number of benzene rings is 2. The number of allylic oxidation sites excluding steroid dienone is 1. The van der Waals surface area contributed by atoms with E-state index in [2.05, 4.69) is 4.99 Å². The molecule has 9 nitrogen and oxygen atoms in total. The SMILES string of the molecule is CCOC(=O)C1=C(C)N=c2s/c(=C/c3cc(Cl)c(OCC(=O)O)c(OCC)c3)c(=O)n2[C@@H]1c1ccc(C)cc1. The van der Waals surface area contributed by atoms with Crippen LogP contribution in [0.15, 0.2) is 57.5 Å². The smallest absolute Gasteiger partial charge is 0.341 e. The lowest BCUT2D eigenvalue weighted by atomic mass is 9.95. The molecule has 0 amide bonds. The normalized spacial score (nSPS) is 15.0. The van der Waals surface area contributed by atoms with E-state index >= 15 is 0 Å². The summed E-state index contributed by atoms with van der Waals surface area (Å²) in [6.07, 6.45) is 1.65. The molecule has 39 heavy (non-hydrogen) atoms. The number of hydrogen-bond acceptors (Lipinski definition) is 8. The molecule has 0 saturated carbocycles. The number of thiazole rings is 1. The van der Waals surface area contributed by atoms with Crippen LogP contribution >= 0.6 is 22.9 Å². The lowest BCUT2D eigenvalue weighted by molar-refractivity contribution is -0.140. The summed E-state index contributed by atoms with van der Waals surface area (Å²) in [7, 11) is 0. The van der Waals surface area contributed by atoms with E-state index in [1.807, 2.05) is 31.2 Å². The van der Waals surface area contributed by atoms with E-state index in [0.717, 1.165) is 11.1 Å². The van der Waals surface area contributed by atoms with Crippen molar-refractivity contribution >= 4 is 41.0 Å². The van der Waals surface area contributed by atoms with E-state index in [-0.39, 0.29) is 35.3 Å².